The molecule has 8 heteroatoms. The van der Waals surface area contributed by atoms with Crippen molar-refractivity contribution in [1.29, 1.82) is 0 Å². The second-order valence-electron chi connectivity index (χ2n) is 4.29. The summed E-state index contributed by atoms with van der Waals surface area (Å²) in [7, 11) is 0. The van der Waals surface area contributed by atoms with E-state index in [1.54, 1.807) is 6.07 Å². The number of rotatable bonds is 2. The first kappa shape index (κ1) is 13.2. The molecule has 0 amide bonds. The van der Waals surface area contributed by atoms with Gasteiger partial charge >= 0.3 is 6.18 Å². The highest BCUT2D eigenvalue weighted by atomic mass is 32.1. The van der Waals surface area contributed by atoms with Crippen LogP contribution in [-0.4, -0.2) is 16.7 Å². The van der Waals surface area contributed by atoms with Crippen molar-refractivity contribution in [3.8, 4) is 10.9 Å². The first-order chi connectivity index (χ1) is 9.54. The Morgan fingerprint density at radius 3 is 2.85 bits per heavy atom. The lowest BCUT2D eigenvalue weighted by atomic mass is 10.0. The van der Waals surface area contributed by atoms with E-state index < -0.39 is 11.2 Å². The SMILES string of the molecule is FC(F)(F)c1nnc(Oc2cccc3c2NCCC3)s1. The van der Waals surface area contributed by atoms with E-state index in [1.165, 1.54) is 0 Å². The van der Waals surface area contributed by atoms with Crippen LogP contribution in [0.4, 0.5) is 18.9 Å². The number of halogens is 3. The number of anilines is 1. The molecule has 106 valence electrons. The van der Waals surface area contributed by atoms with Crippen LogP contribution in [0.5, 0.6) is 10.9 Å². The fourth-order valence-corrected chi connectivity index (χ4v) is 2.60. The van der Waals surface area contributed by atoms with Gasteiger partial charge in [-0.05, 0) is 24.5 Å². The smallest absolute Gasteiger partial charge is 0.428 e. The number of para-hydroxylation sites is 1. The standard InChI is InChI=1S/C12H10F3N3OS/c13-12(14,15)10-17-18-11(20-10)19-8-5-1-3-7-4-2-6-16-9(7)8/h1,3,5,16H,2,4,6H2. The molecule has 0 unspecified atom stereocenters. The van der Waals surface area contributed by atoms with Gasteiger partial charge in [0.25, 0.3) is 5.19 Å². The van der Waals surface area contributed by atoms with Crippen LogP contribution in [0.15, 0.2) is 18.2 Å². The minimum Gasteiger partial charge on any atom is -0.428 e. The zero-order valence-electron chi connectivity index (χ0n) is 10.2. The number of benzene rings is 1. The summed E-state index contributed by atoms with van der Waals surface area (Å²) in [5.74, 6) is 0.479. The number of hydrogen-bond acceptors (Lipinski definition) is 5. The van der Waals surface area contributed by atoms with Crippen molar-refractivity contribution >= 4 is 17.0 Å². The Morgan fingerprint density at radius 1 is 1.25 bits per heavy atom. The highest BCUT2D eigenvalue weighted by Gasteiger charge is 2.36. The molecule has 0 radical (unpaired) electrons. The maximum absolute atomic E-state index is 12.5. The highest BCUT2D eigenvalue weighted by Crippen LogP contribution is 2.38. The Morgan fingerprint density at radius 2 is 2.10 bits per heavy atom. The average molecular weight is 301 g/mol. The van der Waals surface area contributed by atoms with Crippen LogP contribution in [0.1, 0.15) is 17.0 Å². The van der Waals surface area contributed by atoms with Crippen molar-refractivity contribution in [3.63, 3.8) is 0 Å². The summed E-state index contributed by atoms with van der Waals surface area (Å²) in [6.07, 6.45) is -2.55. The molecule has 4 nitrogen and oxygen atoms in total. The van der Waals surface area contributed by atoms with E-state index in [2.05, 4.69) is 15.5 Å². The van der Waals surface area contributed by atoms with Gasteiger partial charge in [-0.3, -0.25) is 0 Å². The minimum absolute atomic E-state index is 0.113. The number of aromatic nitrogens is 2. The number of fused-ring (bicyclic) bond motifs is 1. The molecular weight excluding hydrogens is 291 g/mol. The zero-order valence-corrected chi connectivity index (χ0v) is 11.0. The fourth-order valence-electron chi connectivity index (χ4n) is 2.02. The highest BCUT2D eigenvalue weighted by molar-refractivity contribution is 7.13. The summed E-state index contributed by atoms with van der Waals surface area (Å²) in [5, 5.41) is 8.59. The predicted octanol–water partition coefficient (Wildman–Crippen LogP) is 3.71. The third-order valence-corrected chi connectivity index (χ3v) is 3.73. The summed E-state index contributed by atoms with van der Waals surface area (Å²) in [6, 6.07) is 5.48. The van der Waals surface area contributed by atoms with Gasteiger partial charge in [0.2, 0.25) is 5.01 Å². The number of aryl methyl sites for hydroxylation is 1. The third-order valence-electron chi connectivity index (χ3n) is 2.88. The van der Waals surface area contributed by atoms with E-state index in [9.17, 15) is 13.2 Å². The quantitative estimate of drug-likeness (QED) is 0.918. The van der Waals surface area contributed by atoms with Gasteiger partial charge in [0, 0.05) is 6.54 Å². The molecule has 0 fully saturated rings. The molecule has 0 aliphatic carbocycles. The lowest BCUT2D eigenvalue weighted by molar-refractivity contribution is -0.138. The van der Waals surface area contributed by atoms with Crippen LogP contribution in [0.25, 0.3) is 0 Å². The molecule has 1 aromatic heterocycles. The number of alkyl halides is 3. The van der Waals surface area contributed by atoms with Crippen molar-refractivity contribution in [2.45, 2.75) is 19.0 Å². The Hall–Kier alpha value is -1.83. The molecule has 0 bridgehead atoms. The maximum Gasteiger partial charge on any atom is 0.445 e. The number of nitrogens with one attached hydrogen (secondary N) is 1. The Bertz CT molecular complexity index is 627. The van der Waals surface area contributed by atoms with Crippen molar-refractivity contribution < 1.29 is 17.9 Å². The molecule has 1 aliphatic heterocycles. The molecule has 2 aromatic rings. The van der Waals surface area contributed by atoms with Gasteiger partial charge in [0.1, 0.15) is 0 Å². The molecule has 1 aliphatic rings. The molecule has 0 saturated heterocycles. The molecule has 0 saturated carbocycles. The van der Waals surface area contributed by atoms with E-state index in [4.69, 9.17) is 4.74 Å². The first-order valence-corrected chi connectivity index (χ1v) is 6.80. The van der Waals surface area contributed by atoms with Crippen molar-refractivity contribution in [3.05, 3.63) is 28.8 Å². The van der Waals surface area contributed by atoms with Gasteiger partial charge in [-0.25, -0.2) is 0 Å². The van der Waals surface area contributed by atoms with Gasteiger partial charge in [0.05, 0.1) is 5.69 Å². The molecule has 0 atom stereocenters. The van der Waals surface area contributed by atoms with E-state index in [0.29, 0.717) is 17.1 Å². The normalized spacial score (nSPS) is 14.6. The van der Waals surface area contributed by atoms with E-state index in [0.717, 1.165) is 30.6 Å². The Balaban J connectivity index is 1.86. The van der Waals surface area contributed by atoms with Crippen LogP contribution >= 0.6 is 11.3 Å². The molecule has 3 rings (SSSR count). The minimum atomic E-state index is -4.49. The molecule has 0 spiro atoms. The van der Waals surface area contributed by atoms with Crippen LogP contribution in [0.3, 0.4) is 0 Å². The van der Waals surface area contributed by atoms with Gasteiger partial charge in [-0.2, -0.15) is 13.2 Å². The Labute approximate surface area is 116 Å². The maximum atomic E-state index is 12.5. The van der Waals surface area contributed by atoms with Gasteiger partial charge in [0.15, 0.2) is 5.75 Å². The van der Waals surface area contributed by atoms with Crippen molar-refractivity contribution in [1.82, 2.24) is 10.2 Å². The molecule has 1 aromatic carbocycles. The van der Waals surface area contributed by atoms with Gasteiger partial charge < -0.3 is 10.1 Å². The molecule has 1 N–H and O–H groups in total. The van der Waals surface area contributed by atoms with Crippen molar-refractivity contribution in [2.75, 3.05) is 11.9 Å². The zero-order chi connectivity index (χ0) is 14.2. The van der Waals surface area contributed by atoms with Crippen LogP contribution < -0.4 is 10.1 Å². The largest absolute Gasteiger partial charge is 0.445 e. The number of hydrogen-bond donors (Lipinski definition) is 1. The van der Waals surface area contributed by atoms with Crippen LogP contribution in [0.2, 0.25) is 0 Å². The van der Waals surface area contributed by atoms with E-state index in [-0.39, 0.29) is 5.19 Å². The molecular formula is C12H10F3N3OS. The monoisotopic (exact) mass is 301 g/mol. The van der Waals surface area contributed by atoms with Gasteiger partial charge in [-0.15, -0.1) is 5.10 Å². The topological polar surface area (TPSA) is 47.0 Å². The lowest BCUT2D eigenvalue weighted by Crippen LogP contribution is -2.12. The summed E-state index contributed by atoms with van der Waals surface area (Å²) >= 11 is 0.388. The van der Waals surface area contributed by atoms with Crippen LogP contribution in [0, 0.1) is 0 Å². The summed E-state index contributed by atoms with van der Waals surface area (Å²) < 4.78 is 42.8. The summed E-state index contributed by atoms with van der Waals surface area (Å²) in [6.45, 7) is 0.817. The Kier molecular flexibility index (Phi) is 3.25. The number of ether oxygens (including phenoxy) is 1. The molecule has 20 heavy (non-hydrogen) atoms. The average Bonchev–Trinajstić information content (AvgIpc) is 2.88. The van der Waals surface area contributed by atoms with E-state index in [1.807, 2.05) is 12.1 Å². The fraction of sp³-hybridized carbons (Fsp3) is 0.333. The van der Waals surface area contributed by atoms with E-state index >= 15 is 0 Å². The molecule has 2 heterocycles. The van der Waals surface area contributed by atoms with Crippen molar-refractivity contribution in [2.24, 2.45) is 0 Å². The number of nitrogens with zero attached hydrogens (tertiary/aromatic N) is 2. The first-order valence-electron chi connectivity index (χ1n) is 5.98. The predicted molar refractivity (Wildman–Crippen MR) is 68.2 cm³/mol. The lowest BCUT2D eigenvalue weighted by Gasteiger charge is -2.20. The summed E-state index contributed by atoms with van der Waals surface area (Å²) in [4.78, 5) is 0. The second kappa shape index (κ2) is 4.93. The summed E-state index contributed by atoms with van der Waals surface area (Å²) in [5.41, 5.74) is 1.91. The second-order valence-corrected chi connectivity index (χ2v) is 5.23. The third kappa shape index (κ3) is 2.55. The van der Waals surface area contributed by atoms with Crippen LogP contribution in [-0.2, 0) is 12.6 Å². The van der Waals surface area contributed by atoms with Gasteiger partial charge in [-0.1, -0.05) is 28.6 Å².